The molecule has 2 unspecified atom stereocenters. The molecule has 0 aromatic heterocycles. The Hall–Kier alpha value is -0.650. The number of morpholine rings is 1. The molecule has 0 aliphatic carbocycles. The smallest absolute Gasteiger partial charge is 0.307 e. The van der Waals surface area contributed by atoms with Crippen LogP contribution in [0.5, 0.6) is 0 Å². The van der Waals surface area contributed by atoms with Crippen LogP contribution in [-0.4, -0.2) is 48.4 Å². The van der Waals surface area contributed by atoms with Crippen LogP contribution in [0, 0.1) is 5.92 Å². The summed E-state index contributed by atoms with van der Waals surface area (Å²) < 4.78 is 5.19. The molecule has 82 valence electrons. The van der Waals surface area contributed by atoms with Gasteiger partial charge in [-0.3, -0.25) is 10.2 Å². The predicted molar refractivity (Wildman–Crippen MR) is 51.8 cm³/mol. The molecule has 1 aliphatic heterocycles. The first-order valence-corrected chi connectivity index (χ1v) is 4.93. The molecule has 1 saturated heterocycles. The number of hydrogen-bond acceptors (Lipinski definition) is 4. The summed E-state index contributed by atoms with van der Waals surface area (Å²) in [6, 6.07) is -0.0504. The first-order chi connectivity index (χ1) is 6.61. The Bertz CT molecular complexity index is 192. The van der Waals surface area contributed by atoms with E-state index in [9.17, 15) is 4.79 Å². The summed E-state index contributed by atoms with van der Waals surface area (Å²) in [5.74, 6) is -1.14. The van der Waals surface area contributed by atoms with Crippen molar-refractivity contribution in [2.45, 2.75) is 19.9 Å². The number of hydrazine groups is 1. The van der Waals surface area contributed by atoms with Crippen LogP contribution >= 0.6 is 0 Å². The standard InChI is InChI=1S/C9H18N2O3/c1-7(9(12)13)8(2)10-11-3-5-14-6-4-11/h7-8,10H,3-6H2,1-2H3,(H,12,13). The van der Waals surface area contributed by atoms with Gasteiger partial charge < -0.3 is 9.84 Å². The van der Waals surface area contributed by atoms with Gasteiger partial charge in [-0.1, -0.05) is 6.92 Å². The number of nitrogens with zero attached hydrogens (tertiary/aromatic N) is 1. The normalized spacial score (nSPS) is 23.0. The van der Waals surface area contributed by atoms with Gasteiger partial charge in [0.1, 0.15) is 0 Å². The Kier molecular flexibility index (Phi) is 4.31. The molecule has 0 aromatic rings. The number of nitrogens with one attached hydrogen (secondary N) is 1. The summed E-state index contributed by atoms with van der Waals surface area (Å²) in [7, 11) is 0. The molecule has 1 aliphatic rings. The van der Waals surface area contributed by atoms with E-state index in [2.05, 4.69) is 5.43 Å². The molecule has 0 radical (unpaired) electrons. The lowest BCUT2D eigenvalue weighted by Gasteiger charge is -2.31. The Morgan fingerprint density at radius 3 is 2.50 bits per heavy atom. The quantitative estimate of drug-likeness (QED) is 0.668. The van der Waals surface area contributed by atoms with Crippen molar-refractivity contribution in [3.63, 3.8) is 0 Å². The molecular formula is C9H18N2O3. The van der Waals surface area contributed by atoms with Crippen molar-refractivity contribution in [1.29, 1.82) is 0 Å². The molecule has 5 heteroatoms. The third-order valence-electron chi connectivity index (χ3n) is 2.54. The molecule has 1 fully saturated rings. The lowest BCUT2D eigenvalue weighted by atomic mass is 10.1. The van der Waals surface area contributed by atoms with Gasteiger partial charge in [-0.25, -0.2) is 5.01 Å². The third-order valence-corrected chi connectivity index (χ3v) is 2.54. The highest BCUT2D eigenvalue weighted by Gasteiger charge is 2.21. The number of carboxylic acids is 1. The summed E-state index contributed by atoms with van der Waals surface area (Å²) in [4.78, 5) is 10.7. The Balaban J connectivity index is 2.31. The van der Waals surface area contributed by atoms with Crippen LogP contribution in [0.25, 0.3) is 0 Å². The highest BCUT2D eigenvalue weighted by Crippen LogP contribution is 2.04. The monoisotopic (exact) mass is 202 g/mol. The zero-order chi connectivity index (χ0) is 10.6. The zero-order valence-electron chi connectivity index (χ0n) is 8.69. The fourth-order valence-electron chi connectivity index (χ4n) is 1.31. The molecule has 0 amide bonds. The maximum absolute atomic E-state index is 10.7. The highest BCUT2D eigenvalue weighted by atomic mass is 16.5. The molecule has 0 spiro atoms. The predicted octanol–water partition coefficient (Wildman–Crippen LogP) is -0.0676. The van der Waals surface area contributed by atoms with E-state index in [1.165, 1.54) is 0 Å². The number of carbonyl (C=O) groups is 1. The van der Waals surface area contributed by atoms with Gasteiger partial charge in [0.15, 0.2) is 0 Å². The third kappa shape index (κ3) is 3.25. The first-order valence-electron chi connectivity index (χ1n) is 4.93. The zero-order valence-corrected chi connectivity index (χ0v) is 8.69. The van der Waals surface area contributed by atoms with Gasteiger partial charge in [0.25, 0.3) is 0 Å². The van der Waals surface area contributed by atoms with E-state index < -0.39 is 5.97 Å². The van der Waals surface area contributed by atoms with Crippen molar-refractivity contribution in [2.75, 3.05) is 26.3 Å². The van der Waals surface area contributed by atoms with E-state index in [0.717, 1.165) is 13.1 Å². The Morgan fingerprint density at radius 1 is 1.43 bits per heavy atom. The maximum atomic E-state index is 10.7. The number of carboxylic acid groups (broad SMARTS) is 1. The van der Waals surface area contributed by atoms with Crippen LogP contribution in [-0.2, 0) is 9.53 Å². The van der Waals surface area contributed by atoms with Gasteiger partial charge in [0, 0.05) is 19.1 Å². The van der Waals surface area contributed by atoms with Gasteiger partial charge in [0.2, 0.25) is 0 Å². The molecule has 1 rings (SSSR count). The highest BCUT2D eigenvalue weighted by molar-refractivity contribution is 5.70. The average Bonchev–Trinajstić information content (AvgIpc) is 2.18. The molecule has 5 nitrogen and oxygen atoms in total. The molecule has 1 heterocycles. The molecule has 0 bridgehead atoms. The van der Waals surface area contributed by atoms with Gasteiger partial charge in [-0.15, -0.1) is 0 Å². The first kappa shape index (κ1) is 11.4. The van der Waals surface area contributed by atoms with Crippen LogP contribution in [0.2, 0.25) is 0 Å². The Labute approximate surface area is 84.0 Å². The molecule has 0 aromatic carbocycles. The molecular weight excluding hydrogens is 184 g/mol. The second kappa shape index (κ2) is 5.29. The van der Waals surface area contributed by atoms with Crippen molar-refractivity contribution in [3.05, 3.63) is 0 Å². The van der Waals surface area contributed by atoms with E-state index in [-0.39, 0.29) is 12.0 Å². The fourth-order valence-corrected chi connectivity index (χ4v) is 1.31. The minimum absolute atomic E-state index is 0.0504. The second-order valence-corrected chi connectivity index (χ2v) is 3.64. The van der Waals surface area contributed by atoms with Crippen LogP contribution in [0.1, 0.15) is 13.8 Å². The Morgan fingerprint density at radius 2 is 2.00 bits per heavy atom. The number of rotatable bonds is 4. The van der Waals surface area contributed by atoms with Crippen LogP contribution in [0.15, 0.2) is 0 Å². The molecule has 2 N–H and O–H groups in total. The SMILES string of the molecule is CC(NN1CCOCC1)C(C)C(=O)O. The fraction of sp³-hybridized carbons (Fsp3) is 0.889. The minimum Gasteiger partial charge on any atom is -0.481 e. The largest absolute Gasteiger partial charge is 0.481 e. The topological polar surface area (TPSA) is 61.8 Å². The van der Waals surface area contributed by atoms with Gasteiger partial charge >= 0.3 is 5.97 Å². The van der Waals surface area contributed by atoms with Gasteiger partial charge in [-0.05, 0) is 6.92 Å². The lowest BCUT2D eigenvalue weighted by molar-refractivity contribution is -0.142. The van der Waals surface area contributed by atoms with Gasteiger partial charge in [0.05, 0.1) is 19.1 Å². The van der Waals surface area contributed by atoms with Crippen molar-refractivity contribution in [1.82, 2.24) is 10.4 Å². The van der Waals surface area contributed by atoms with Crippen molar-refractivity contribution in [2.24, 2.45) is 5.92 Å². The minimum atomic E-state index is -0.766. The van der Waals surface area contributed by atoms with Crippen LogP contribution in [0.3, 0.4) is 0 Å². The van der Waals surface area contributed by atoms with Crippen molar-refractivity contribution < 1.29 is 14.6 Å². The van der Waals surface area contributed by atoms with Crippen molar-refractivity contribution >= 4 is 5.97 Å². The molecule has 14 heavy (non-hydrogen) atoms. The van der Waals surface area contributed by atoms with Crippen LogP contribution in [0.4, 0.5) is 0 Å². The van der Waals surface area contributed by atoms with E-state index >= 15 is 0 Å². The molecule has 2 atom stereocenters. The molecule has 0 saturated carbocycles. The van der Waals surface area contributed by atoms with E-state index in [1.54, 1.807) is 6.92 Å². The maximum Gasteiger partial charge on any atom is 0.307 e. The summed E-state index contributed by atoms with van der Waals surface area (Å²) in [6.45, 7) is 6.64. The van der Waals surface area contributed by atoms with E-state index in [4.69, 9.17) is 9.84 Å². The van der Waals surface area contributed by atoms with E-state index in [1.807, 2.05) is 11.9 Å². The average molecular weight is 202 g/mol. The summed E-state index contributed by atoms with van der Waals surface area (Å²) in [6.07, 6.45) is 0. The van der Waals surface area contributed by atoms with Crippen LogP contribution < -0.4 is 5.43 Å². The summed E-state index contributed by atoms with van der Waals surface area (Å²) in [5, 5.41) is 10.8. The number of aliphatic carboxylic acids is 1. The second-order valence-electron chi connectivity index (χ2n) is 3.64. The van der Waals surface area contributed by atoms with Gasteiger partial charge in [-0.2, -0.15) is 0 Å². The number of ether oxygens (including phenoxy) is 1. The van der Waals surface area contributed by atoms with E-state index in [0.29, 0.717) is 13.2 Å². The summed E-state index contributed by atoms with van der Waals surface area (Å²) in [5.41, 5.74) is 3.17. The summed E-state index contributed by atoms with van der Waals surface area (Å²) >= 11 is 0. The van der Waals surface area contributed by atoms with Crippen molar-refractivity contribution in [3.8, 4) is 0 Å². The lowest BCUT2D eigenvalue weighted by Crippen LogP contribution is -2.51. The number of hydrogen-bond donors (Lipinski definition) is 2.